The molecule has 3 heteroatoms. The van der Waals surface area contributed by atoms with E-state index in [1.807, 2.05) is 0 Å². The van der Waals surface area contributed by atoms with Gasteiger partial charge in [0, 0.05) is 15.8 Å². The lowest BCUT2D eigenvalue weighted by atomic mass is 10.1. The molecule has 1 aromatic carbocycles. The van der Waals surface area contributed by atoms with Gasteiger partial charge in [0.15, 0.2) is 0 Å². The van der Waals surface area contributed by atoms with Gasteiger partial charge < -0.3 is 9.80 Å². The van der Waals surface area contributed by atoms with Crippen LogP contribution in [0.5, 0.6) is 0 Å². The highest BCUT2D eigenvalue weighted by Gasteiger charge is 2.14. The molecule has 0 fully saturated rings. The normalized spacial score (nSPS) is 11.9. The number of unbranched alkanes of at least 4 members (excludes halogenated alkanes) is 5. The molecular weight excluding hydrogens is 296 g/mol. The van der Waals surface area contributed by atoms with Crippen molar-refractivity contribution in [1.82, 2.24) is 5.32 Å². The summed E-state index contributed by atoms with van der Waals surface area (Å²) in [6.45, 7) is 4.89. The van der Waals surface area contributed by atoms with Gasteiger partial charge in [-0.1, -0.05) is 55.6 Å². The van der Waals surface area contributed by atoms with E-state index in [1.54, 1.807) is 0 Å². The summed E-state index contributed by atoms with van der Waals surface area (Å²) in [5, 5.41) is 3.55. The topological polar surface area (TPSA) is 12.0 Å². The van der Waals surface area contributed by atoms with Crippen molar-refractivity contribution in [2.45, 2.75) is 57.5 Å². The van der Waals surface area contributed by atoms with Crippen LogP contribution in [0.1, 0.15) is 50.5 Å². The smallest absolute Gasteiger partial charge is 0.104 e. The van der Waals surface area contributed by atoms with Gasteiger partial charge in [0.1, 0.15) is 6.54 Å². The van der Waals surface area contributed by atoms with Gasteiger partial charge >= 0.3 is 0 Å². The van der Waals surface area contributed by atoms with Crippen LogP contribution in [-0.2, 0) is 6.54 Å². The molecule has 0 unspecified atom stereocenters. The lowest BCUT2D eigenvalue weighted by Gasteiger charge is -2.30. The summed E-state index contributed by atoms with van der Waals surface area (Å²) >= 11 is 0. The quantitative estimate of drug-likeness (QED) is 0.312. The number of quaternary nitrogens is 1. The molecule has 1 rings (SSSR count). The van der Waals surface area contributed by atoms with Crippen LogP contribution in [0.3, 0.4) is 0 Å². The van der Waals surface area contributed by atoms with Crippen molar-refractivity contribution >= 4 is 10.2 Å². The number of hydrogen-bond acceptors (Lipinski definition) is 1. The summed E-state index contributed by atoms with van der Waals surface area (Å²) in [5.74, 6) is 0. The first kappa shape index (κ1) is 20.4. The third kappa shape index (κ3) is 11.5. The third-order valence-electron chi connectivity index (χ3n) is 4.53. The Kier molecular flexibility index (Phi) is 11.3. The van der Waals surface area contributed by atoms with E-state index in [2.05, 4.69) is 49.7 Å². The fourth-order valence-corrected chi connectivity index (χ4v) is 3.43. The molecule has 0 atom stereocenters. The maximum absolute atomic E-state index is 3.55. The zero-order valence-electron chi connectivity index (χ0n) is 15.8. The Bertz CT molecular complexity index is 378. The van der Waals surface area contributed by atoms with E-state index in [-0.39, 0.29) is 0 Å². The Balaban J connectivity index is 1.95. The van der Waals surface area contributed by atoms with E-state index in [0.717, 1.165) is 11.0 Å². The van der Waals surface area contributed by atoms with Crippen molar-refractivity contribution < 1.29 is 4.48 Å². The molecular formula is C20H39N2Si+. The molecule has 0 saturated carbocycles. The lowest BCUT2D eigenvalue weighted by molar-refractivity contribution is -0.903. The van der Waals surface area contributed by atoms with E-state index in [0.29, 0.717) is 0 Å². The van der Waals surface area contributed by atoms with Crippen LogP contribution in [0.2, 0.25) is 6.04 Å². The van der Waals surface area contributed by atoms with Gasteiger partial charge in [-0.25, -0.2) is 0 Å². The Labute approximate surface area is 147 Å². The van der Waals surface area contributed by atoms with E-state index >= 15 is 0 Å². The molecule has 132 valence electrons. The predicted octanol–water partition coefficient (Wildman–Crippen LogP) is 3.37. The molecule has 0 spiro atoms. The van der Waals surface area contributed by atoms with Gasteiger partial charge in [-0.15, -0.1) is 0 Å². The van der Waals surface area contributed by atoms with Crippen LogP contribution in [0.25, 0.3) is 0 Å². The first-order valence-corrected chi connectivity index (χ1v) is 11.1. The first-order chi connectivity index (χ1) is 11.1. The van der Waals surface area contributed by atoms with Crippen LogP contribution in [-0.4, -0.2) is 48.5 Å². The molecule has 0 aliphatic carbocycles. The summed E-state index contributed by atoms with van der Waals surface area (Å²) in [6.07, 6.45) is 9.71. The van der Waals surface area contributed by atoms with Crippen LogP contribution in [0, 0.1) is 0 Å². The van der Waals surface area contributed by atoms with Crippen molar-refractivity contribution in [3.8, 4) is 0 Å². The van der Waals surface area contributed by atoms with Crippen LogP contribution >= 0.6 is 0 Å². The molecule has 1 N–H and O–H groups in total. The molecule has 0 amide bonds. The minimum Gasteiger partial charge on any atom is -0.325 e. The summed E-state index contributed by atoms with van der Waals surface area (Å²) < 4.78 is 1.11. The van der Waals surface area contributed by atoms with Crippen molar-refractivity contribution in [2.24, 2.45) is 0 Å². The summed E-state index contributed by atoms with van der Waals surface area (Å²) in [5.41, 5.74) is 1.45. The van der Waals surface area contributed by atoms with Gasteiger partial charge in [0.2, 0.25) is 0 Å². The summed E-state index contributed by atoms with van der Waals surface area (Å²) in [7, 11) is 6.07. The molecule has 0 bridgehead atoms. The second kappa shape index (κ2) is 12.7. The number of nitrogens with one attached hydrogen (secondary N) is 1. The molecule has 1 aromatic rings. The molecule has 0 aromatic heterocycles. The third-order valence-corrected chi connectivity index (χ3v) is 5.23. The van der Waals surface area contributed by atoms with E-state index in [1.165, 1.54) is 86.4 Å². The van der Waals surface area contributed by atoms with Gasteiger partial charge in [0.05, 0.1) is 20.6 Å². The largest absolute Gasteiger partial charge is 0.325 e. The molecule has 2 nitrogen and oxygen atoms in total. The van der Waals surface area contributed by atoms with E-state index in [4.69, 9.17) is 0 Å². The van der Waals surface area contributed by atoms with Gasteiger partial charge in [-0.2, -0.15) is 0 Å². The van der Waals surface area contributed by atoms with Crippen LogP contribution in [0.15, 0.2) is 30.3 Å². The highest BCUT2D eigenvalue weighted by atomic mass is 28.1. The fourth-order valence-electron chi connectivity index (χ4n) is 3.08. The van der Waals surface area contributed by atoms with Gasteiger partial charge in [0.25, 0.3) is 0 Å². The molecule has 23 heavy (non-hydrogen) atoms. The number of hydrogen-bond donors (Lipinski definition) is 1. The second-order valence-corrected chi connectivity index (χ2v) is 8.53. The summed E-state index contributed by atoms with van der Waals surface area (Å²) in [4.78, 5) is 0. The monoisotopic (exact) mass is 335 g/mol. The average Bonchev–Trinajstić information content (AvgIpc) is 2.53. The number of nitrogens with zero attached hydrogens (tertiary/aromatic N) is 1. The SMILES string of the molecule is C[N+](C)(CCCCCCCCNCCC[SiH3])Cc1ccccc1. The molecule has 0 saturated heterocycles. The van der Waals surface area contributed by atoms with Gasteiger partial charge in [-0.05, 0) is 38.8 Å². The second-order valence-electron chi connectivity index (χ2n) is 7.53. The lowest BCUT2D eigenvalue weighted by Crippen LogP contribution is -2.39. The Morgan fingerprint density at radius 3 is 2.13 bits per heavy atom. The molecule has 0 aliphatic rings. The molecule has 0 heterocycles. The Hall–Kier alpha value is -0.643. The zero-order chi connectivity index (χ0) is 16.8. The first-order valence-electron chi connectivity index (χ1n) is 9.71. The number of rotatable bonds is 14. The Morgan fingerprint density at radius 2 is 1.43 bits per heavy atom. The average molecular weight is 336 g/mol. The van der Waals surface area contributed by atoms with E-state index in [9.17, 15) is 0 Å². The van der Waals surface area contributed by atoms with Crippen molar-refractivity contribution in [1.29, 1.82) is 0 Å². The molecule has 0 aliphatic heterocycles. The minimum absolute atomic E-state index is 1.11. The maximum Gasteiger partial charge on any atom is 0.104 e. The zero-order valence-corrected chi connectivity index (χ0v) is 17.8. The standard InChI is InChI=1S/C20H39N2Si/c1-22(2,19-20-13-8-7-9-14-20)17-11-6-4-3-5-10-15-21-16-12-18-23/h7-9,13-14,21H,3-6,10-12,15-19H2,1-2,23H3/q+1. The van der Waals surface area contributed by atoms with Gasteiger partial charge in [-0.3, -0.25) is 0 Å². The fraction of sp³-hybridized carbons (Fsp3) is 0.700. The number of benzene rings is 1. The van der Waals surface area contributed by atoms with Crippen molar-refractivity contribution in [3.05, 3.63) is 35.9 Å². The highest BCUT2D eigenvalue weighted by molar-refractivity contribution is 6.08. The molecule has 0 radical (unpaired) electrons. The minimum atomic E-state index is 1.11. The van der Waals surface area contributed by atoms with Crippen LogP contribution < -0.4 is 5.32 Å². The predicted molar refractivity (Wildman–Crippen MR) is 107 cm³/mol. The van der Waals surface area contributed by atoms with Crippen LogP contribution in [0.4, 0.5) is 0 Å². The van der Waals surface area contributed by atoms with E-state index < -0.39 is 0 Å². The Morgan fingerprint density at radius 1 is 0.826 bits per heavy atom. The van der Waals surface area contributed by atoms with Crippen molar-refractivity contribution in [3.63, 3.8) is 0 Å². The summed E-state index contributed by atoms with van der Waals surface area (Å²) in [6, 6.07) is 12.3. The maximum atomic E-state index is 3.55. The highest BCUT2D eigenvalue weighted by Crippen LogP contribution is 2.12. The van der Waals surface area contributed by atoms with Crippen molar-refractivity contribution in [2.75, 3.05) is 33.7 Å².